The average Bonchev–Trinajstić information content (AvgIpc) is 2.53. The van der Waals surface area contributed by atoms with Gasteiger partial charge in [-0.1, -0.05) is 24.3 Å². The van der Waals surface area contributed by atoms with E-state index in [2.05, 4.69) is 0 Å². The molecule has 0 bridgehead atoms. The van der Waals surface area contributed by atoms with Crippen molar-refractivity contribution in [2.75, 3.05) is 21.3 Å². The second-order valence-electron chi connectivity index (χ2n) is 4.19. The van der Waals surface area contributed by atoms with E-state index in [9.17, 15) is 0 Å². The van der Waals surface area contributed by atoms with Crippen molar-refractivity contribution in [2.24, 2.45) is 0 Å². The molecule has 0 aliphatic rings. The molecule has 0 saturated carbocycles. The molecule has 0 aliphatic carbocycles. The van der Waals surface area contributed by atoms with Crippen molar-refractivity contribution in [1.82, 2.24) is 0 Å². The summed E-state index contributed by atoms with van der Waals surface area (Å²) in [5.41, 5.74) is 1.96. The first-order valence-corrected chi connectivity index (χ1v) is 6.31. The van der Waals surface area contributed by atoms with Gasteiger partial charge in [0.15, 0.2) is 0 Å². The molecule has 0 fully saturated rings. The Morgan fingerprint density at radius 2 is 1.55 bits per heavy atom. The molecule has 0 spiro atoms. The van der Waals surface area contributed by atoms with Crippen LogP contribution in [-0.2, 0) is 4.74 Å². The molecule has 20 heavy (non-hydrogen) atoms. The molecule has 0 amide bonds. The number of ether oxygens (including phenoxy) is 3. The number of benzene rings is 2. The average molecular weight is 270 g/mol. The minimum absolute atomic E-state index is 0.757. The molecule has 0 saturated heterocycles. The Bertz CT molecular complexity index is 585. The maximum Gasteiger partial charge on any atom is 0.130 e. The molecular weight excluding hydrogens is 252 g/mol. The highest BCUT2D eigenvalue weighted by atomic mass is 16.5. The van der Waals surface area contributed by atoms with Gasteiger partial charge in [-0.2, -0.15) is 0 Å². The number of methoxy groups -OCH3 is 3. The summed E-state index contributed by atoms with van der Waals surface area (Å²) in [7, 11) is 4.96. The molecule has 0 aliphatic heterocycles. The molecule has 0 aromatic heterocycles. The van der Waals surface area contributed by atoms with E-state index < -0.39 is 0 Å². The van der Waals surface area contributed by atoms with E-state index in [1.54, 1.807) is 21.3 Å². The third-order valence-electron chi connectivity index (χ3n) is 3.01. The lowest BCUT2D eigenvalue weighted by Crippen LogP contribution is -1.93. The lowest BCUT2D eigenvalue weighted by Gasteiger charge is -2.11. The lowest BCUT2D eigenvalue weighted by molar-refractivity contribution is 0.364. The minimum Gasteiger partial charge on any atom is -0.497 e. The largest absolute Gasteiger partial charge is 0.497 e. The van der Waals surface area contributed by atoms with Crippen molar-refractivity contribution in [3.05, 3.63) is 59.7 Å². The molecule has 2 aromatic carbocycles. The van der Waals surface area contributed by atoms with Crippen molar-refractivity contribution in [2.45, 2.75) is 0 Å². The fraction of sp³-hybridized carbons (Fsp3) is 0.176. The van der Waals surface area contributed by atoms with Crippen LogP contribution in [0.2, 0.25) is 0 Å². The van der Waals surface area contributed by atoms with Crippen LogP contribution < -0.4 is 9.47 Å². The molecule has 104 valence electrons. The Morgan fingerprint density at radius 3 is 2.15 bits per heavy atom. The Kier molecular flexibility index (Phi) is 4.66. The summed E-state index contributed by atoms with van der Waals surface area (Å²) >= 11 is 0. The summed E-state index contributed by atoms with van der Waals surface area (Å²) in [5, 5.41) is 0. The van der Waals surface area contributed by atoms with E-state index in [0.29, 0.717) is 0 Å². The zero-order chi connectivity index (χ0) is 14.4. The molecule has 0 atom stereocenters. The predicted molar refractivity (Wildman–Crippen MR) is 80.9 cm³/mol. The standard InChI is InChI=1S/C17H18O3/c1-18-14-10-8-13(9-11-14)12-17(20-3)15-6-4-5-7-16(15)19-2/h4-12H,1-3H3/b17-12-. The Balaban J connectivity index is 2.37. The van der Waals surface area contributed by atoms with Crippen molar-refractivity contribution >= 4 is 11.8 Å². The molecule has 2 rings (SSSR count). The fourth-order valence-corrected chi connectivity index (χ4v) is 1.95. The SMILES string of the molecule is CO/C(=C\c1ccc(OC)cc1)c1ccccc1OC. The molecular formula is C17H18O3. The Morgan fingerprint density at radius 1 is 0.850 bits per heavy atom. The second-order valence-corrected chi connectivity index (χ2v) is 4.19. The van der Waals surface area contributed by atoms with Crippen LogP contribution in [0.1, 0.15) is 11.1 Å². The second kappa shape index (κ2) is 6.66. The number of hydrogen-bond acceptors (Lipinski definition) is 3. The van der Waals surface area contributed by atoms with Gasteiger partial charge in [0.25, 0.3) is 0 Å². The van der Waals surface area contributed by atoms with E-state index in [0.717, 1.165) is 28.4 Å². The van der Waals surface area contributed by atoms with Crippen LogP contribution in [0.5, 0.6) is 11.5 Å². The first-order chi connectivity index (χ1) is 9.78. The Hall–Kier alpha value is -2.42. The van der Waals surface area contributed by atoms with Gasteiger partial charge >= 0.3 is 0 Å². The number of rotatable bonds is 5. The third kappa shape index (κ3) is 3.12. The van der Waals surface area contributed by atoms with Crippen molar-refractivity contribution in [1.29, 1.82) is 0 Å². The molecule has 0 heterocycles. The van der Waals surface area contributed by atoms with Gasteiger partial charge in [0.05, 0.1) is 26.9 Å². The van der Waals surface area contributed by atoms with Crippen LogP contribution in [-0.4, -0.2) is 21.3 Å². The van der Waals surface area contributed by atoms with Crippen LogP contribution in [0.3, 0.4) is 0 Å². The molecule has 2 aromatic rings. The van der Waals surface area contributed by atoms with Crippen molar-refractivity contribution in [3.8, 4) is 11.5 Å². The zero-order valence-corrected chi connectivity index (χ0v) is 11.9. The van der Waals surface area contributed by atoms with Gasteiger partial charge in [-0.15, -0.1) is 0 Å². The molecule has 3 heteroatoms. The quantitative estimate of drug-likeness (QED) is 0.610. The maximum absolute atomic E-state index is 5.49. The number of para-hydroxylation sites is 1. The van der Waals surface area contributed by atoms with Crippen LogP contribution in [0.25, 0.3) is 11.8 Å². The van der Waals surface area contributed by atoms with E-state index >= 15 is 0 Å². The van der Waals surface area contributed by atoms with Gasteiger partial charge in [0.1, 0.15) is 17.3 Å². The van der Waals surface area contributed by atoms with Gasteiger partial charge in [-0.25, -0.2) is 0 Å². The van der Waals surface area contributed by atoms with Gasteiger partial charge in [0, 0.05) is 0 Å². The van der Waals surface area contributed by atoms with Crippen LogP contribution in [0.15, 0.2) is 48.5 Å². The van der Waals surface area contributed by atoms with Crippen molar-refractivity contribution in [3.63, 3.8) is 0 Å². The first kappa shape index (κ1) is 14.0. The molecule has 0 unspecified atom stereocenters. The lowest BCUT2D eigenvalue weighted by atomic mass is 10.1. The van der Waals surface area contributed by atoms with Gasteiger partial charge in [-0.05, 0) is 35.9 Å². The van der Waals surface area contributed by atoms with E-state index in [4.69, 9.17) is 14.2 Å². The summed E-state index contributed by atoms with van der Waals surface area (Å²) < 4.78 is 16.0. The maximum atomic E-state index is 5.49. The highest BCUT2D eigenvalue weighted by Crippen LogP contribution is 2.28. The van der Waals surface area contributed by atoms with E-state index in [-0.39, 0.29) is 0 Å². The smallest absolute Gasteiger partial charge is 0.130 e. The van der Waals surface area contributed by atoms with Crippen LogP contribution >= 0.6 is 0 Å². The minimum atomic E-state index is 0.757. The summed E-state index contributed by atoms with van der Waals surface area (Å²) in [6.07, 6.45) is 1.97. The molecule has 0 radical (unpaired) electrons. The first-order valence-electron chi connectivity index (χ1n) is 6.31. The van der Waals surface area contributed by atoms with Crippen molar-refractivity contribution < 1.29 is 14.2 Å². The number of hydrogen-bond donors (Lipinski definition) is 0. The normalized spacial score (nSPS) is 11.1. The van der Waals surface area contributed by atoms with Gasteiger partial charge in [-0.3, -0.25) is 0 Å². The predicted octanol–water partition coefficient (Wildman–Crippen LogP) is 3.85. The zero-order valence-electron chi connectivity index (χ0n) is 11.9. The van der Waals surface area contributed by atoms with E-state index in [1.165, 1.54) is 0 Å². The molecule has 0 N–H and O–H groups in total. The van der Waals surface area contributed by atoms with E-state index in [1.807, 2.05) is 54.6 Å². The topological polar surface area (TPSA) is 27.7 Å². The monoisotopic (exact) mass is 270 g/mol. The summed E-state index contributed by atoms with van der Waals surface area (Å²) in [6.45, 7) is 0. The fourth-order valence-electron chi connectivity index (χ4n) is 1.95. The summed E-state index contributed by atoms with van der Waals surface area (Å²) in [6, 6.07) is 15.6. The summed E-state index contributed by atoms with van der Waals surface area (Å²) in [5.74, 6) is 2.38. The highest BCUT2D eigenvalue weighted by Gasteiger charge is 2.08. The van der Waals surface area contributed by atoms with Gasteiger partial charge in [0.2, 0.25) is 0 Å². The Labute approximate surface area is 119 Å². The highest BCUT2D eigenvalue weighted by molar-refractivity contribution is 5.80. The summed E-state index contributed by atoms with van der Waals surface area (Å²) in [4.78, 5) is 0. The third-order valence-corrected chi connectivity index (χ3v) is 3.01. The van der Waals surface area contributed by atoms with Gasteiger partial charge < -0.3 is 14.2 Å². The van der Waals surface area contributed by atoms with Crippen LogP contribution in [0.4, 0.5) is 0 Å². The molecule has 3 nitrogen and oxygen atoms in total. The van der Waals surface area contributed by atoms with Crippen LogP contribution in [0, 0.1) is 0 Å².